The maximum atomic E-state index is 13.4. The third kappa shape index (κ3) is 6.40. The smallest absolute Gasteiger partial charge is 0.265 e. The van der Waals surface area contributed by atoms with Crippen molar-refractivity contribution in [3.05, 3.63) is 58.8 Å². The van der Waals surface area contributed by atoms with E-state index >= 15 is 0 Å². The molecule has 0 aromatic heterocycles. The maximum absolute atomic E-state index is 13.4. The summed E-state index contributed by atoms with van der Waals surface area (Å²) in [7, 11) is 5.63. The van der Waals surface area contributed by atoms with Gasteiger partial charge in [-0.2, -0.15) is 5.06 Å². The number of aliphatic imine (C=N–C) groups is 1. The molecule has 6 atom stereocenters. The Labute approximate surface area is 253 Å². The van der Waals surface area contributed by atoms with Gasteiger partial charge < -0.3 is 30.5 Å². The van der Waals surface area contributed by atoms with Gasteiger partial charge in [0.05, 0.1) is 30.6 Å². The van der Waals surface area contributed by atoms with Crippen molar-refractivity contribution >= 4 is 35.6 Å². The minimum atomic E-state index is -0.582. The lowest BCUT2D eigenvalue weighted by Gasteiger charge is -2.40. The van der Waals surface area contributed by atoms with Crippen LogP contribution >= 0.6 is 0 Å². The third-order valence-electron chi connectivity index (χ3n) is 9.13. The highest BCUT2D eigenvalue weighted by molar-refractivity contribution is 5.95. The second kappa shape index (κ2) is 13.4. The zero-order chi connectivity index (χ0) is 30.7. The summed E-state index contributed by atoms with van der Waals surface area (Å²) in [4.78, 5) is 37.8. The van der Waals surface area contributed by atoms with Crippen molar-refractivity contribution < 1.29 is 19.2 Å². The number of amides is 2. The number of anilines is 3. The van der Waals surface area contributed by atoms with E-state index in [1.54, 1.807) is 18.2 Å². The Hall–Kier alpha value is -3.51. The van der Waals surface area contributed by atoms with Gasteiger partial charge in [-0.1, -0.05) is 25.5 Å². The molecule has 1 saturated carbocycles. The van der Waals surface area contributed by atoms with Crippen molar-refractivity contribution in [2.24, 2.45) is 16.8 Å². The molecule has 2 aliphatic heterocycles. The Morgan fingerprint density at radius 1 is 1.21 bits per heavy atom. The van der Waals surface area contributed by atoms with Crippen molar-refractivity contribution in [2.75, 3.05) is 56.2 Å². The minimum absolute atomic E-state index is 0.0505. The number of benzene rings is 2. The quantitative estimate of drug-likeness (QED) is 0.395. The van der Waals surface area contributed by atoms with Crippen molar-refractivity contribution in [3.8, 4) is 0 Å². The largest absolute Gasteiger partial charge is 0.757 e. The molecule has 5 unspecified atom stereocenters. The van der Waals surface area contributed by atoms with E-state index in [0.29, 0.717) is 24.4 Å². The summed E-state index contributed by atoms with van der Waals surface area (Å²) in [5.74, 6) is -0.241. The summed E-state index contributed by atoms with van der Waals surface area (Å²) >= 11 is 0. The molecule has 1 aliphatic carbocycles. The summed E-state index contributed by atoms with van der Waals surface area (Å²) in [6, 6.07) is 12.8. The molecule has 2 amide bonds. The Morgan fingerprint density at radius 3 is 2.70 bits per heavy atom. The molecule has 5 rings (SSSR count). The van der Waals surface area contributed by atoms with Crippen LogP contribution in [-0.4, -0.2) is 82.8 Å². The minimum Gasteiger partial charge on any atom is -0.757 e. The van der Waals surface area contributed by atoms with Crippen LogP contribution in [0.25, 0.3) is 0 Å². The highest BCUT2D eigenvalue weighted by atomic mass is 16.7. The van der Waals surface area contributed by atoms with Gasteiger partial charge in [0.1, 0.15) is 12.2 Å². The van der Waals surface area contributed by atoms with Gasteiger partial charge in [0.25, 0.3) is 11.8 Å². The van der Waals surface area contributed by atoms with Crippen molar-refractivity contribution in [2.45, 2.75) is 56.8 Å². The standard InChI is InChI=1S/C32H43N6O5/c1-6-20-19-43-37(29(20)32(40)33-2)18-21-10-9-11-25(30(21)42-5)22-14-23(16-24(15-22)36(3)4)31(39)34-17-28-35-26-12-7-8-13-27(26)38(28)41/h7-8,12-16,20-21,25,28-30,35H,2,6,9-11,17-19H2,1,3-5H3,(H,34,39)/q-1/t20-,21?,25?,28?,29?,30?/m0/s1. The summed E-state index contributed by atoms with van der Waals surface area (Å²) in [6.07, 6.45) is 2.95. The highest BCUT2D eigenvalue weighted by Gasteiger charge is 2.43. The van der Waals surface area contributed by atoms with E-state index < -0.39 is 12.2 Å². The first-order valence-corrected chi connectivity index (χ1v) is 15.1. The van der Waals surface area contributed by atoms with Gasteiger partial charge in [0.15, 0.2) is 0 Å². The molecule has 2 N–H and O–H groups in total. The number of para-hydroxylation sites is 2. The Morgan fingerprint density at radius 2 is 2.00 bits per heavy atom. The first kappa shape index (κ1) is 30.9. The predicted octanol–water partition coefficient (Wildman–Crippen LogP) is 4.01. The zero-order valence-corrected chi connectivity index (χ0v) is 25.5. The van der Waals surface area contributed by atoms with Crippen LogP contribution in [0.4, 0.5) is 17.1 Å². The fraction of sp³-hybridized carbons (Fsp3) is 0.531. The van der Waals surface area contributed by atoms with Gasteiger partial charge in [-0.3, -0.25) is 14.4 Å². The molecule has 0 radical (unpaired) electrons. The molecular weight excluding hydrogens is 548 g/mol. The number of carbonyl (C=O) groups excluding carboxylic acids is 2. The second-order valence-corrected chi connectivity index (χ2v) is 11.9. The number of ether oxygens (including phenoxy) is 1. The number of hydrogen-bond acceptors (Lipinski definition) is 9. The van der Waals surface area contributed by atoms with Crippen molar-refractivity contribution in [1.29, 1.82) is 0 Å². The number of nitrogens with zero attached hydrogens (tertiary/aromatic N) is 4. The molecular formula is C32H43N6O5-. The molecule has 3 aliphatic rings. The number of nitrogens with one attached hydrogen (secondary N) is 2. The van der Waals surface area contributed by atoms with Crippen LogP contribution in [0.3, 0.4) is 0 Å². The number of hydrogen-bond donors (Lipinski definition) is 2. The first-order valence-electron chi connectivity index (χ1n) is 15.1. The van der Waals surface area contributed by atoms with Gasteiger partial charge in [-0.05, 0) is 61.9 Å². The number of rotatable bonds is 10. The molecule has 2 heterocycles. The molecule has 43 heavy (non-hydrogen) atoms. The fourth-order valence-electron chi connectivity index (χ4n) is 6.78. The average molecular weight is 592 g/mol. The van der Waals surface area contributed by atoms with E-state index in [1.165, 1.54) is 0 Å². The maximum Gasteiger partial charge on any atom is 0.265 e. The number of carbonyl (C=O) groups is 2. The molecule has 2 aromatic carbocycles. The van der Waals surface area contributed by atoms with E-state index in [1.807, 2.05) is 49.3 Å². The lowest BCUT2D eigenvalue weighted by atomic mass is 9.74. The highest BCUT2D eigenvalue weighted by Crippen LogP contribution is 2.41. The molecule has 11 heteroatoms. The average Bonchev–Trinajstić information content (AvgIpc) is 3.58. The van der Waals surface area contributed by atoms with E-state index in [-0.39, 0.29) is 42.2 Å². The van der Waals surface area contributed by atoms with Crippen LogP contribution in [0, 0.1) is 17.0 Å². The lowest BCUT2D eigenvalue weighted by Crippen LogP contribution is -2.45. The summed E-state index contributed by atoms with van der Waals surface area (Å²) in [5, 5.41) is 21.6. The summed E-state index contributed by atoms with van der Waals surface area (Å²) in [5.41, 5.74) is 3.79. The van der Waals surface area contributed by atoms with Crippen molar-refractivity contribution in [1.82, 2.24) is 10.4 Å². The van der Waals surface area contributed by atoms with Crippen molar-refractivity contribution in [3.63, 3.8) is 0 Å². The van der Waals surface area contributed by atoms with Crippen LogP contribution in [0.1, 0.15) is 54.4 Å². The Bertz CT molecular complexity index is 1320. The normalized spacial score (nSPS) is 27.0. The molecule has 232 valence electrons. The molecule has 1 saturated heterocycles. The predicted molar refractivity (Wildman–Crippen MR) is 168 cm³/mol. The third-order valence-corrected chi connectivity index (χ3v) is 9.13. The van der Waals surface area contributed by atoms with Crippen LogP contribution in [-0.2, 0) is 14.4 Å². The van der Waals surface area contributed by atoms with Gasteiger partial charge >= 0.3 is 0 Å². The second-order valence-electron chi connectivity index (χ2n) is 11.9. The Kier molecular flexibility index (Phi) is 9.65. The number of hydroxylamine groups is 3. The van der Waals surface area contributed by atoms with Gasteiger partial charge in [-0.25, -0.2) is 4.99 Å². The summed E-state index contributed by atoms with van der Waals surface area (Å²) < 4.78 is 6.15. The lowest BCUT2D eigenvalue weighted by molar-refractivity contribution is -0.163. The number of methoxy groups -OCH3 is 1. The summed E-state index contributed by atoms with van der Waals surface area (Å²) in [6.45, 7) is 6.72. The molecule has 2 aromatic rings. The monoisotopic (exact) mass is 591 g/mol. The van der Waals surface area contributed by atoms with E-state index in [4.69, 9.17) is 9.57 Å². The van der Waals surface area contributed by atoms with Gasteiger partial charge in [-0.15, -0.1) is 0 Å². The van der Waals surface area contributed by atoms with Crippen LogP contribution in [0.15, 0.2) is 47.5 Å². The topological polar surface area (TPSA) is 122 Å². The molecule has 0 spiro atoms. The van der Waals surface area contributed by atoms with Crippen LogP contribution in [0.5, 0.6) is 0 Å². The SMILES string of the molecule is C=NC(=O)C1[C@@H](CC)CON1CC1CCCC(c2cc(C(=O)NCC3Nc4ccccc4N3[O-])cc(N(C)C)c2)C1OC. The van der Waals surface area contributed by atoms with Gasteiger partial charge in [0, 0.05) is 56.8 Å². The number of fused-ring (bicyclic) bond motifs is 1. The molecule has 11 nitrogen and oxygen atoms in total. The van der Waals surface area contributed by atoms with Crippen LogP contribution in [0.2, 0.25) is 0 Å². The van der Waals surface area contributed by atoms with Gasteiger partial charge in [0.2, 0.25) is 0 Å². The van der Waals surface area contributed by atoms with E-state index in [0.717, 1.165) is 47.7 Å². The first-order chi connectivity index (χ1) is 20.7. The van der Waals surface area contributed by atoms with E-state index in [9.17, 15) is 14.8 Å². The fourth-order valence-corrected chi connectivity index (χ4v) is 6.78. The van der Waals surface area contributed by atoms with E-state index in [2.05, 4.69) is 35.3 Å². The van der Waals surface area contributed by atoms with Crippen LogP contribution < -0.4 is 20.6 Å². The molecule has 0 bridgehead atoms. The Balaban J connectivity index is 1.33. The molecule has 2 fully saturated rings. The zero-order valence-electron chi connectivity index (χ0n) is 25.5.